The molecule has 0 aliphatic carbocycles. The van der Waals surface area contributed by atoms with Gasteiger partial charge in [-0.2, -0.15) is 0 Å². The topological polar surface area (TPSA) is 84.0 Å². The Morgan fingerprint density at radius 3 is 2.88 bits per heavy atom. The van der Waals surface area contributed by atoms with Crippen molar-refractivity contribution in [2.45, 2.75) is 6.42 Å². The SMILES string of the molecule is OCCNc1ccc(CC2=C[N]N=N2)nc1. The highest BCUT2D eigenvalue weighted by Gasteiger charge is 2.04. The van der Waals surface area contributed by atoms with E-state index >= 15 is 0 Å². The molecular weight excluding hydrogens is 206 g/mol. The first-order valence-electron chi connectivity index (χ1n) is 4.98. The number of hydrogen-bond acceptors (Lipinski definition) is 5. The van der Waals surface area contributed by atoms with E-state index in [9.17, 15) is 0 Å². The van der Waals surface area contributed by atoms with Gasteiger partial charge < -0.3 is 10.4 Å². The van der Waals surface area contributed by atoms with Gasteiger partial charge in [-0.1, -0.05) is 0 Å². The van der Waals surface area contributed by atoms with Crippen molar-refractivity contribution in [2.24, 2.45) is 10.3 Å². The summed E-state index contributed by atoms with van der Waals surface area (Å²) >= 11 is 0. The lowest BCUT2D eigenvalue weighted by atomic mass is 10.2. The Kier molecular flexibility index (Phi) is 3.45. The zero-order valence-corrected chi connectivity index (χ0v) is 8.67. The van der Waals surface area contributed by atoms with E-state index in [1.807, 2.05) is 12.1 Å². The molecule has 0 bridgehead atoms. The van der Waals surface area contributed by atoms with Gasteiger partial charge in [0, 0.05) is 18.7 Å². The van der Waals surface area contributed by atoms with Crippen LogP contribution in [0.5, 0.6) is 0 Å². The van der Waals surface area contributed by atoms with Crippen molar-refractivity contribution >= 4 is 5.69 Å². The van der Waals surface area contributed by atoms with E-state index < -0.39 is 0 Å². The Morgan fingerprint density at radius 1 is 1.31 bits per heavy atom. The van der Waals surface area contributed by atoms with Crippen LogP contribution in [-0.4, -0.2) is 23.2 Å². The van der Waals surface area contributed by atoms with E-state index in [1.165, 1.54) is 0 Å². The van der Waals surface area contributed by atoms with Crippen molar-refractivity contribution in [3.05, 3.63) is 35.9 Å². The average Bonchev–Trinajstić information content (AvgIpc) is 2.81. The number of aliphatic hydroxyl groups is 1. The minimum Gasteiger partial charge on any atom is -0.395 e. The second kappa shape index (κ2) is 5.22. The molecule has 1 aromatic rings. The molecule has 2 N–H and O–H groups in total. The third-order valence-electron chi connectivity index (χ3n) is 2.06. The van der Waals surface area contributed by atoms with Crippen molar-refractivity contribution in [1.29, 1.82) is 0 Å². The highest BCUT2D eigenvalue weighted by molar-refractivity contribution is 5.41. The molecule has 0 fully saturated rings. The summed E-state index contributed by atoms with van der Waals surface area (Å²) in [6.45, 7) is 0.635. The Hall–Kier alpha value is -1.95. The summed E-state index contributed by atoms with van der Waals surface area (Å²) in [4.78, 5) is 4.27. The predicted octanol–water partition coefficient (Wildman–Crippen LogP) is 0.855. The van der Waals surface area contributed by atoms with Gasteiger partial charge in [0.1, 0.15) is 0 Å². The maximum absolute atomic E-state index is 8.65. The molecule has 0 amide bonds. The number of aliphatic hydroxyl groups excluding tert-OH is 1. The summed E-state index contributed by atoms with van der Waals surface area (Å²) in [5.41, 5.74) is 6.26. The summed E-state index contributed by atoms with van der Waals surface area (Å²) in [5, 5.41) is 19.0. The van der Waals surface area contributed by atoms with Crippen molar-refractivity contribution in [2.75, 3.05) is 18.5 Å². The number of nitrogens with zero attached hydrogens (tertiary/aromatic N) is 4. The third kappa shape index (κ3) is 2.77. The van der Waals surface area contributed by atoms with Crippen LogP contribution in [0.4, 0.5) is 5.69 Å². The number of rotatable bonds is 5. The first-order valence-corrected chi connectivity index (χ1v) is 4.98. The van der Waals surface area contributed by atoms with Gasteiger partial charge in [-0.3, -0.25) is 4.98 Å². The molecule has 1 radical (unpaired) electrons. The van der Waals surface area contributed by atoms with E-state index in [0.717, 1.165) is 17.1 Å². The highest BCUT2D eigenvalue weighted by atomic mass is 16.3. The van der Waals surface area contributed by atoms with Crippen molar-refractivity contribution in [1.82, 2.24) is 10.4 Å². The number of pyridine rings is 1. The van der Waals surface area contributed by atoms with Crippen LogP contribution in [0.1, 0.15) is 5.69 Å². The predicted molar refractivity (Wildman–Crippen MR) is 58.6 cm³/mol. The fraction of sp³-hybridized carbons (Fsp3) is 0.300. The van der Waals surface area contributed by atoms with Crippen LogP contribution in [0.2, 0.25) is 0 Å². The average molecular weight is 218 g/mol. The second-order valence-corrected chi connectivity index (χ2v) is 3.29. The molecule has 0 saturated carbocycles. The monoisotopic (exact) mass is 218 g/mol. The minimum atomic E-state index is 0.108. The zero-order valence-electron chi connectivity index (χ0n) is 8.67. The van der Waals surface area contributed by atoms with Crippen LogP contribution >= 0.6 is 0 Å². The van der Waals surface area contributed by atoms with E-state index in [0.29, 0.717) is 13.0 Å². The molecule has 0 spiro atoms. The van der Waals surface area contributed by atoms with Crippen LogP contribution in [0, 0.1) is 0 Å². The standard InChI is InChI=1S/C10H12N5O/c16-4-3-11-9-2-1-8(12-6-9)5-10-7-13-15-14-10/h1-2,6-7,11,16H,3-5H2. The van der Waals surface area contributed by atoms with Crippen LogP contribution in [0.15, 0.2) is 40.6 Å². The molecule has 1 aromatic heterocycles. The van der Waals surface area contributed by atoms with E-state index in [4.69, 9.17) is 5.11 Å². The molecule has 6 heteroatoms. The minimum absolute atomic E-state index is 0.108. The lowest BCUT2D eigenvalue weighted by Gasteiger charge is -2.04. The first-order chi connectivity index (χ1) is 7.88. The van der Waals surface area contributed by atoms with Crippen molar-refractivity contribution in [3.8, 4) is 0 Å². The number of allylic oxidation sites excluding steroid dienone is 1. The molecule has 1 aliphatic heterocycles. The lowest BCUT2D eigenvalue weighted by molar-refractivity contribution is 0.311. The maximum atomic E-state index is 8.65. The van der Waals surface area contributed by atoms with Crippen LogP contribution in [0.25, 0.3) is 0 Å². The summed E-state index contributed by atoms with van der Waals surface area (Å²) in [6.07, 6.45) is 3.99. The van der Waals surface area contributed by atoms with Crippen LogP contribution < -0.4 is 10.7 Å². The molecule has 0 saturated heterocycles. The van der Waals surface area contributed by atoms with Gasteiger partial charge in [-0.05, 0) is 17.4 Å². The molecule has 0 unspecified atom stereocenters. The Balaban J connectivity index is 1.93. The van der Waals surface area contributed by atoms with Crippen LogP contribution in [0.3, 0.4) is 0 Å². The van der Waals surface area contributed by atoms with Gasteiger partial charge in [0.15, 0.2) is 0 Å². The fourth-order valence-corrected chi connectivity index (χ4v) is 1.30. The maximum Gasteiger partial charge on any atom is 0.0909 e. The summed E-state index contributed by atoms with van der Waals surface area (Å²) in [5.74, 6) is 0. The van der Waals surface area contributed by atoms with Gasteiger partial charge in [0.25, 0.3) is 0 Å². The molecule has 2 rings (SSSR count). The molecular formula is C10H12N5O. The summed E-state index contributed by atoms with van der Waals surface area (Å²) in [7, 11) is 0. The number of anilines is 1. The summed E-state index contributed by atoms with van der Waals surface area (Å²) in [6, 6.07) is 3.83. The highest BCUT2D eigenvalue weighted by Crippen LogP contribution is 2.12. The van der Waals surface area contributed by atoms with Gasteiger partial charge in [-0.15, -0.1) is 10.5 Å². The second-order valence-electron chi connectivity index (χ2n) is 3.29. The third-order valence-corrected chi connectivity index (χ3v) is 2.06. The zero-order chi connectivity index (χ0) is 11.2. The fourth-order valence-electron chi connectivity index (χ4n) is 1.30. The number of aromatic nitrogens is 1. The van der Waals surface area contributed by atoms with Crippen LogP contribution in [-0.2, 0) is 6.42 Å². The Bertz CT molecular complexity index is 398. The smallest absolute Gasteiger partial charge is 0.0909 e. The van der Waals surface area contributed by atoms with Gasteiger partial charge in [0.2, 0.25) is 0 Å². The lowest BCUT2D eigenvalue weighted by Crippen LogP contribution is -2.05. The Labute approximate surface area is 93.1 Å². The molecule has 1 aliphatic rings. The van der Waals surface area contributed by atoms with Crippen molar-refractivity contribution < 1.29 is 5.11 Å². The summed E-state index contributed by atoms with van der Waals surface area (Å²) < 4.78 is 0. The molecule has 2 heterocycles. The number of nitrogens with one attached hydrogen (secondary N) is 1. The van der Waals surface area contributed by atoms with Crippen molar-refractivity contribution in [3.63, 3.8) is 0 Å². The first kappa shape index (κ1) is 10.6. The molecule has 16 heavy (non-hydrogen) atoms. The largest absolute Gasteiger partial charge is 0.395 e. The van der Waals surface area contributed by atoms with Gasteiger partial charge in [-0.25, -0.2) is 0 Å². The molecule has 6 nitrogen and oxygen atoms in total. The van der Waals surface area contributed by atoms with E-state index in [-0.39, 0.29) is 6.61 Å². The quantitative estimate of drug-likeness (QED) is 0.768. The van der Waals surface area contributed by atoms with Gasteiger partial charge in [0.05, 0.1) is 30.4 Å². The Morgan fingerprint density at radius 2 is 2.25 bits per heavy atom. The molecule has 0 aromatic carbocycles. The molecule has 0 atom stereocenters. The van der Waals surface area contributed by atoms with E-state index in [1.54, 1.807) is 12.4 Å². The normalized spacial score (nSPS) is 13.4. The van der Waals surface area contributed by atoms with Gasteiger partial charge >= 0.3 is 0 Å². The number of hydrogen-bond donors (Lipinski definition) is 2. The van der Waals surface area contributed by atoms with E-state index in [2.05, 4.69) is 26.1 Å². The molecule has 83 valence electrons.